The van der Waals surface area contributed by atoms with Gasteiger partial charge in [0.2, 0.25) is 0 Å². The van der Waals surface area contributed by atoms with Gasteiger partial charge in [0.05, 0.1) is 23.2 Å². The van der Waals surface area contributed by atoms with Crippen molar-refractivity contribution in [2.24, 2.45) is 17.8 Å². The number of aromatic nitrogens is 1. The van der Waals surface area contributed by atoms with Crippen molar-refractivity contribution in [2.75, 3.05) is 0 Å². The Kier molecular flexibility index (Phi) is 7.60. The quantitative estimate of drug-likeness (QED) is 0.167. The first-order valence-electron chi connectivity index (χ1n) is 12.5. The first kappa shape index (κ1) is 28.1. The summed E-state index contributed by atoms with van der Waals surface area (Å²) in [5, 5.41) is 15.4. The molecule has 6 nitrogen and oxygen atoms in total. The van der Waals surface area contributed by atoms with Gasteiger partial charge in [-0.05, 0) is 82.3 Å². The number of nitrogens with one attached hydrogen (secondary N) is 2. The largest absolute Gasteiger partial charge is 0.481 e. The number of alkyl halides is 3. The third-order valence-electron chi connectivity index (χ3n) is 7.56. The fourth-order valence-electron chi connectivity index (χ4n) is 5.79. The van der Waals surface area contributed by atoms with Gasteiger partial charge < -0.3 is 15.7 Å². The molecule has 5 atom stereocenters. The van der Waals surface area contributed by atoms with Crippen LogP contribution >= 0.6 is 22.6 Å². The number of benzene rings is 2. The second-order valence-corrected chi connectivity index (χ2v) is 11.3. The Balaban J connectivity index is 1.63. The number of halogens is 5. The third-order valence-corrected chi connectivity index (χ3v) is 8.20. The molecule has 2 aliphatic rings. The predicted molar refractivity (Wildman–Crippen MR) is 147 cm³/mol. The number of hydrogen-bond donors (Lipinski definition) is 3. The Morgan fingerprint density at radius 3 is 2.35 bits per heavy atom. The van der Waals surface area contributed by atoms with Crippen molar-refractivity contribution in [1.82, 2.24) is 15.6 Å². The van der Waals surface area contributed by atoms with E-state index in [1.807, 2.05) is 34.7 Å². The summed E-state index contributed by atoms with van der Waals surface area (Å²) in [6.07, 6.45) is 0.875. The molecule has 2 aliphatic carbocycles. The van der Waals surface area contributed by atoms with Crippen LogP contribution in [0.4, 0.5) is 22.4 Å². The monoisotopic (exact) mass is 665 g/mol. The highest BCUT2D eigenvalue weighted by molar-refractivity contribution is 14.1. The predicted octanol–water partition coefficient (Wildman–Crippen LogP) is 5.90. The SMILES string of the molecule is O=C(N[C@@H]1[C@H](C(=O)O)[C@@H]2C=C[C@H]1C2)N[C@@](Cc1ccccc1)(c1cc(F)cc(C(F)(F)F)c1)c1ccc(I)cn1. The third kappa shape index (κ3) is 5.56. The molecule has 2 bridgehead atoms. The van der Waals surface area contributed by atoms with Crippen molar-refractivity contribution in [3.8, 4) is 0 Å². The fraction of sp³-hybridized carbons (Fsp3) is 0.276. The maximum Gasteiger partial charge on any atom is 0.416 e. The molecule has 0 unspecified atom stereocenters. The van der Waals surface area contributed by atoms with Gasteiger partial charge >= 0.3 is 18.2 Å². The lowest BCUT2D eigenvalue weighted by molar-refractivity contribution is -0.143. The summed E-state index contributed by atoms with van der Waals surface area (Å²) in [7, 11) is 0. The molecule has 2 amide bonds. The van der Waals surface area contributed by atoms with Gasteiger partial charge in [0.25, 0.3) is 0 Å². The van der Waals surface area contributed by atoms with E-state index in [0.29, 0.717) is 18.1 Å². The van der Waals surface area contributed by atoms with Crippen molar-refractivity contribution >= 4 is 34.6 Å². The molecule has 0 aliphatic heterocycles. The number of carbonyl (C=O) groups is 2. The average Bonchev–Trinajstić information content (AvgIpc) is 3.50. The van der Waals surface area contributed by atoms with E-state index in [1.54, 1.807) is 42.5 Å². The van der Waals surface area contributed by atoms with Crippen molar-refractivity contribution in [2.45, 2.75) is 30.6 Å². The van der Waals surface area contributed by atoms with Gasteiger partial charge in [-0.25, -0.2) is 9.18 Å². The minimum absolute atomic E-state index is 0.0609. The number of nitrogens with zero attached hydrogens (tertiary/aromatic N) is 1. The Morgan fingerprint density at radius 1 is 1.00 bits per heavy atom. The summed E-state index contributed by atoms with van der Waals surface area (Å²) in [4.78, 5) is 30.1. The molecule has 0 spiro atoms. The lowest BCUT2D eigenvalue weighted by atomic mass is 9.79. The Labute approximate surface area is 241 Å². The molecule has 1 aromatic heterocycles. The van der Waals surface area contributed by atoms with E-state index in [4.69, 9.17) is 0 Å². The highest BCUT2D eigenvalue weighted by Crippen LogP contribution is 2.44. The summed E-state index contributed by atoms with van der Waals surface area (Å²) >= 11 is 2.03. The van der Waals surface area contributed by atoms with Crippen LogP contribution in [0.25, 0.3) is 0 Å². The summed E-state index contributed by atoms with van der Waals surface area (Å²) in [6, 6.07) is 12.7. The number of pyridine rings is 1. The summed E-state index contributed by atoms with van der Waals surface area (Å²) in [5.74, 6) is -3.43. The summed E-state index contributed by atoms with van der Waals surface area (Å²) in [6.45, 7) is 0. The topological polar surface area (TPSA) is 91.3 Å². The number of aliphatic carboxylic acids is 1. The minimum Gasteiger partial charge on any atom is -0.481 e. The number of amides is 2. The molecule has 11 heteroatoms. The number of hydrogen-bond acceptors (Lipinski definition) is 3. The van der Waals surface area contributed by atoms with Gasteiger partial charge in [0.15, 0.2) is 0 Å². The molecule has 2 aromatic carbocycles. The minimum atomic E-state index is -4.85. The molecule has 1 heterocycles. The molecule has 5 rings (SSSR count). The number of allylic oxidation sites excluding steroid dienone is 1. The van der Waals surface area contributed by atoms with Crippen LogP contribution in [0.3, 0.4) is 0 Å². The average molecular weight is 665 g/mol. The standard InChI is InChI=1S/C29H24F4IN3O3/c30-21-12-19(11-20(13-21)29(31,32)33)28(14-16-4-2-1-3-5-16,23-9-8-22(34)15-35-23)37-27(40)36-25-18-7-6-17(10-18)24(25)26(38)39/h1-9,11-13,15,17-18,24-25H,10,14H2,(H,38,39)(H2,36,37,40)/t17-,18+,24-,25+,28+/m1/s1. The van der Waals surface area contributed by atoms with Crippen LogP contribution in [0.5, 0.6) is 0 Å². The van der Waals surface area contributed by atoms with Crippen LogP contribution in [0.2, 0.25) is 0 Å². The summed E-state index contributed by atoms with van der Waals surface area (Å²) < 4.78 is 57.0. The Hall–Kier alpha value is -3.48. The van der Waals surface area contributed by atoms with Gasteiger partial charge in [-0.1, -0.05) is 42.5 Å². The van der Waals surface area contributed by atoms with Crippen LogP contribution in [-0.2, 0) is 22.9 Å². The van der Waals surface area contributed by atoms with Gasteiger partial charge in [-0.3, -0.25) is 9.78 Å². The van der Waals surface area contributed by atoms with Crippen LogP contribution in [0.15, 0.2) is 79.0 Å². The smallest absolute Gasteiger partial charge is 0.416 e. The van der Waals surface area contributed by atoms with Crippen molar-refractivity contribution in [3.63, 3.8) is 0 Å². The van der Waals surface area contributed by atoms with Crippen LogP contribution in [0.1, 0.15) is 28.8 Å². The normalized spacial score (nSPS) is 23.0. The second kappa shape index (κ2) is 10.8. The molecule has 3 aromatic rings. The summed E-state index contributed by atoms with van der Waals surface area (Å²) in [5.41, 5.74) is -2.28. The number of fused-ring (bicyclic) bond motifs is 2. The highest BCUT2D eigenvalue weighted by Gasteiger charge is 2.50. The van der Waals surface area contributed by atoms with Crippen LogP contribution < -0.4 is 10.6 Å². The van der Waals surface area contributed by atoms with Gasteiger partial charge in [-0.15, -0.1) is 0 Å². The highest BCUT2D eigenvalue weighted by atomic mass is 127. The maximum absolute atomic E-state index is 14.8. The van der Waals surface area contributed by atoms with E-state index in [2.05, 4.69) is 15.6 Å². The van der Waals surface area contributed by atoms with E-state index in [-0.39, 0.29) is 29.5 Å². The van der Waals surface area contributed by atoms with E-state index >= 15 is 0 Å². The second-order valence-electron chi connectivity index (χ2n) is 10.1. The van der Waals surface area contributed by atoms with Crippen LogP contribution in [0, 0.1) is 27.1 Å². The first-order valence-corrected chi connectivity index (χ1v) is 13.6. The van der Waals surface area contributed by atoms with Gasteiger partial charge in [0, 0.05) is 16.2 Å². The lowest BCUT2D eigenvalue weighted by Gasteiger charge is -2.37. The zero-order chi connectivity index (χ0) is 28.7. The number of urea groups is 1. The van der Waals surface area contributed by atoms with E-state index in [0.717, 1.165) is 15.7 Å². The molecular weight excluding hydrogens is 641 g/mol. The Morgan fingerprint density at radius 2 is 1.70 bits per heavy atom. The van der Waals surface area contributed by atoms with E-state index in [9.17, 15) is 32.3 Å². The molecule has 40 heavy (non-hydrogen) atoms. The van der Waals surface area contributed by atoms with Crippen molar-refractivity contribution < 1.29 is 32.3 Å². The molecule has 3 N–H and O–H groups in total. The lowest BCUT2D eigenvalue weighted by Crippen LogP contribution is -2.56. The number of rotatable bonds is 7. The Bertz CT molecular complexity index is 1450. The van der Waals surface area contributed by atoms with Crippen molar-refractivity contribution in [1.29, 1.82) is 0 Å². The molecule has 1 saturated carbocycles. The van der Waals surface area contributed by atoms with Crippen LogP contribution in [-0.4, -0.2) is 28.1 Å². The number of carbonyl (C=O) groups excluding carboxylic acids is 1. The molecule has 1 fully saturated rings. The fourth-order valence-corrected chi connectivity index (χ4v) is 6.11. The zero-order valence-corrected chi connectivity index (χ0v) is 23.0. The molecule has 0 radical (unpaired) electrons. The van der Waals surface area contributed by atoms with Crippen molar-refractivity contribution in [3.05, 3.63) is 111 Å². The van der Waals surface area contributed by atoms with Gasteiger partial charge in [-0.2, -0.15) is 13.2 Å². The van der Waals surface area contributed by atoms with E-state index in [1.165, 1.54) is 6.20 Å². The zero-order valence-electron chi connectivity index (χ0n) is 20.8. The molecule has 0 saturated heterocycles. The van der Waals surface area contributed by atoms with E-state index < -0.39 is 47.1 Å². The number of carboxylic acid groups (broad SMARTS) is 1. The van der Waals surface area contributed by atoms with Gasteiger partial charge in [0.1, 0.15) is 11.4 Å². The first-order chi connectivity index (χ1) is 19.0. The molecule has 208 valence electrons. The number of carboxylic acids is 1. The maximum atomic E-state index is 14.8. The molecular formula is C29H24F4IN3O3.